The van der Waals surface area contributed by atoms with E-state index in [4.69, 9.17) is 4.74 Å². The molecule has 0 saturated heterocycles. The van der Waals surface area contributed by atoms with Gasteiger partial charge in [-0.25, -0.2) is 4.79 Å². The van der Waals surface area contributed by atoms with E-state index in [1.807, 2.05) is 0 Å². The first-order valence-corrected chi connectivity index (χ1v) is 11.6. The first-order valence-electron chi connectivity index (χ1n) is 11.6. The van der Waals surface area contributed by atoms with Crippen LogP contribution in [0.1, 0.15) is 52.9 Å². The largest absolute Gasteiger partial charge is 0.446 e. The molecule has 6 nitrogen and oxygen atoms in total. The Hall–Kier alpha value is -1.95. The molecule has 4 rings (SSSR count). The standard InChI is InChI=1S/C25H35NO5/c1-15(28)19-7-8-20-18-6-5-16-13-17(29)9-10-24(16,2)22(18)21(14-25(19,20)3)31-23(30)26(4)11-12-27/h5-6,13,18-22,27H,7-12,14H2,1-4H3/t18-,19+,20-,21-,22-,24+,25+/m0/s1. The molecule has 0 spiro atoms. The Bertz CT molecular complexity index is 847. The molecule has 0 unspecified atom stereocenters. The number of fused-ring (bicyclic) bond motifs is 5. The lowest BCUT2D eigenvalue weighted by Crippen LogP contribution is -2.57. The predicted molar refractivity (Wildman–Crippen MR) is 116 cm³/mol. The minimum atomic E-state index is -0.437. The number of rotatable bonds is 4. The number of likely N-dealkylation sites (N-methyl/N-ethyl adjacent to an activating group) is 1. The number of ether oxygens (including phenoxy) is 1. The highest BCUT2D eigenvalue weighted by molar-refractivity contribution is 5.92. The van der Waals surface area contributed by atoms with Crippen LogP contribution in [0.2, 0.25) is 0 Å². The minimum absolute atomic E-state index is 0.0131. The van der Waals surface area contributed by atoms with Crippen LogP contribution in [0, 0.1) is 34.5 Å². The lowest BCUT2D eigenvalue weighted by molar-refractivity contribution is -0.136. The second kappa shape index (κ2) is 7.88. The highest BCUT2D eigenvalue weighted by Gasteiger charge is 2.63. The smallest absolute Gasteiger partial charge is 0.409 e. The molecule has 2 saturated carbocycles. The van der Waals surface area contributed by atoms with E-state index in [2.05, 4.69) is 26.0 Å². The number of ketones is 2. The third kappa shape index (κ3) is 3.47. The van der Waals surface area contributed by atoms with E-state index in [0.717, 1.165) is 24.8 Å². The van der Waals surface area contributed by atoms with Crippen molar-refractivity contribution in [3.8, 4) is 0 Å². The van der Waals surface area contributed by atoms with E-state index in [0.29, 0.717) is 18.8 Å². The maximum Gasteiger partial charge on any atom is 0.409 e. The molecule has 0 aromatic carbocycles. The zero-order valence-corrected chi connectivity index (χ0v) is 19.1. The predicted octanol–water partition coefficient (Wildman–Crippen LogP) is 3.54. The van der Waals surface area contributed by atoms with Crippen LogP contribution in [-0.4, -0.2) is 54.0 Å². The third-order valence-electron chi connectivity index (χ3n) is 8.92. The van der Waals surface area contributed by atoms with E-state index >= 15 is 0 Å². The Labute approximate surface area is 184 Å². The molecule has 0 bridgehead atoms. The molecule has 0 radical (unpaired) electrons. The summed E-state index contributed by atoms with van der Waals surface area (Å²) >= 11 is 0. The number of aliphatic hydroxyl groups is 1. The van der Waals surface area contributed by atoms with Gasteiger partial charge in [0.15, 0.2) is 5.78 Å². The van der Waals surface area contributed by atoms with Crippen molar-refractivity contribution in [2.24, 2.45) is 34.5 Å². The summed E-state index contributed by atoms with van der Waals surface area (Å²) in [6.07, 6.45) is 9.15. The van der Waals surface area contributed by atoms with E-state index in [1.54, 1.807) is 20.0 Å². The summed E-state index contributed by atoms with van der Waals surface area (Å²) in [6.45, 7) is 6.20. The van der Waals surface area contributed by atoms with Crippen LogP contribution < -0.4 is 0 Å². The number of aliphatic hydroxyl groups excluding tert-OH is 1. The molecule has 31 heavy (non-hydrogen) atoms. The van der Waals surface area contributed by atoms with Crippen LogP contribution in [0.3, 0.4) is 0 Å². The molecule has 0 aliphatic heterocycles. The van der Waals surface area contributed by atoms with Crippen molar-refractivity contribution in [2.45, 2.75) is 59.0 Å². The van der Waals surface area contributed by atoms with Gasteiger partial charge in [-0.3, -0.25) is 9.59 Å². The van der Waals surface area contributed by atoms with Gasteiger partial charge in [0.1, 0.15) is 11.9 Å². The molecule has 170 valence electrons. The average Bonchev–Trinajstić information content (AvgIpc) is 3.05. The molecule has 1 amide bonds. The fourth-order valence-corrected chi connectivity index (χ4v) is 7.33. The molecule has 0 heterocycles. The summed E-state index contributed by atoms with van der Waals surface area (Å²) in [5.74, 6) is 1.02. The second-order valence-corrected chi connectivity index (χ2v) is 10.6. The van der Waals surface area contributed by atoms with Gasteiger partial charge in [0.25, 0.3) is 0 Å². The summed E-state index contributed by atoms with van der Waals surface area (Å²) in [5, 5.41) is 9.22. The van der Waals surface area contributed by atoms with Gasteiger partial charge >= 0.3 is 6.09 Å². The number of carbonyl (C=O) groups excluding carboxylic acids is 3. The highest BCUT2D eigenvalue weighted by atomic mass is 16.6. The van der Waals surface area contributed by atoms with Gasteiger partial charge in [0.05, 0.1) is 6.61 Å². The van der Waals surface area contributed by atoms with E-state index < -0.39 is 6.09 Å². The molecule has 2 fully saturated rings. The lowest BCUT2D eigenvalue weighted by Gasteiger charge is -2.58. The van der Waals surface area contributed by atoms with Gasteiger partial charge in [-0.15, -0.1) is 0 Å². The Morgan fingerprint density at radius 3 is 2.71 bits per heavy atom. The number of allylic oxidation sites excluding steroid dienone is 4. The van der Waals surface area contributed by atoms with Crippen molar-refractivity contribution in [3.63, 3.8) is 0 Å². The van der Waals surface area contributed by atoms with E-state index in [9.17, 15) is 19.5 Å². The first-order chi connectivity index (χ1) is 14.6. The van der Waals surface area contributed by atoms with Gasteiger partial charge in [-0.05, 0) is 66.9 Å². The summed E-state index contributed by atoms with van der Waals surface area (Å²) in [7, 11) is 1.63. The Morgan fingerprint density at radius 2 is 2.03 bits per heavy atom. The zero-order chi connectivity index (χ0) is 22.6. The summed E-state index contributed by atoms with van der Waals surface area (Å²) < 4.78 is 6.14. The fraction of sp³-hybridized carbons (Fsp3) is 0.720. The van der Waals surface area contributed by atoms with Gasteiger partial charge in [0, 0.05) is 31.8 Å². The molecule has 0 aromatic heterocycles. The fourth-order valence-electron chi connectivity index (χ4n) is 7.33. The van der Waals surface area contributed by atoms with Crippen molar-refractivity contribution in [3.05, 3.63) is 23.8 Å². The lowest BCUT2D eigenvalue weighted by atomic mass is 9.47. The number of nitrogens with zero attached hydrogens (tertiary/aromatic N) is 1. The molecule has 1 N–H and O–H groups in total. The van der Waals surface area contributed by atoms with Crippen LogP contribution in [0.4, 0.5) is 4.79 Å². The van der Waals surface area contributed by atoms with Crippen LogP contribution in [0.15, 0.2) is 23.8 Å². The van der Waals surface area contributed by atoms with E-state index in [1.165, 1.54) is 4.90 Å². The molecular formula is C25H35NO5. The summed E-state index contributed by atoms with van der Waals surface area (Å²) in [4.78, 5) is 38.9. The second-order valence-electron chi connectivity index (χ2n) is 10.6. The van der Waals surface area contributed by atoms with Crippen molar-refractivity contribution in [2.75, 3.05) is 20.2 Å². The van der Waals surface area contributed by atoms with E-state index in [-0.39, 0.29) is 59.4 Å². The van der Waals surface area contributed by atoms with Crippen LogP contribution in [-0.2, 0) is 14.3 Å². The summed E-state index contributed by atoms with van der Waals surface area (Å²) in [6, 6.07) is 0. The molecule has 6 heteroatoms. The molecular weight excluding hydrogens is 394 g/mol. The highest BCUT2D eigenvalue weighted by Crippen LogP contribution is 2.65. The minimum Gasteiger partial charge on any atom is -0.446 e. The Morgan fingerprint density at radius 1 is 1.29 bits per heavy atom. The Balaban J connectivity index is 1.75. The van der Waals surface area contributed by atoms with Crippen molar-refractivity contribution >= 4 is 17.7 Å². The monoisotopic (exact) mass is 429 g/mol. The number of hydrogen-bond donors (Lipinski definition) is 1. The van der Waals surface area contributed by atoms with Crippen LogP contribution in [0.25, 0.3) is 0 Å². The Kier molecular flexibility index (Phi) is 5.65. The number of amides is 1. The molecule has 0 aromatic rings. The van der Waals surface area contributed by atoms with Crippen molar-refractivity contribution < 1.29 is 24.2 Å². The third-order valence-corrected chi connectivity index (χ3v) is 8.92. The zero-order valence-electron chi connectivity index (χ0n) is 19.1. The van der Waals surface area contributed by atoms with Gasteiger partial charge in [-0.1, -0.05) is 26.0 Å². The van der Waals surface area contributed by atoms with Gasteiger partial charge in [-0.2, -0.15) is 0 Å². The maximum absolute atomic E-state index is 12.8. The number of carbonyl (C=O) groups is 3. The molecule has 7 atom stereocenters. The maximum atomic E-state index is 12.8. The SMILES string of the molecule is CC(=O)[C@H]1CC[C@H]2[C@@H]3C=CC4=CC(=O)CC[C@@]4(C)[C@@H]3[C@@H](OC(=O)N(C)CCO)C[C@]12C. The number of hydrogen-bond acceptors (Lipinski definition) is 5. The average molecular weight is 430 g/mol. The number of Topliss-reactive ketones (excluding diaryl/α,β-unsaturated/α-hetero) is 1. The van der Waals surface area contributed by atoms with Gasteiger partial charge in [0.2, 0.25) is 0 Å². The normalized spacial score (nSPS) is 41.0. The van der Waals surface area contributed by atoms with Gasteiger partial charge < -0.3 is 14.7 Å². The summed E-state index contributed by atoms with van der Waals surface area (Å²) in [5.41, 5.74) is 0.600. The van der Waals surface area contributed by atoms with Crippen LogP contribution in [0.5, 0.6) is 0 Å². The topological polar surface area (TPSA) is 83.9 Å². The molecule has 4 aliphatic carbocycles. The van der Waals surface area contributed by atoms with Crippen molar-refractivity contribution in [1.82, 2.24) is 4.90 Å². The first kappa shape index (κ1) is 22.3. The molecule has 4 aliphatic rings. The quantitative estimate of drug-likeness (QED) is 0.739. The van der Waals surface area contributed by atoms with Crippen molar-refractivity contribution in [1.29, 1.82) is 0 Å². The van der Waals surface area contributed by atoms with Crippen LogP contribution >= 0.6 is 0 Å².